The number of rotatable bonds is 5. The molecule has 1 aliphatic carbocycles. The van der Waals surface area contributed by atoms with Gasteiger partial charge in [-0.15, -0.1) is 0 Å². The molecule has 0 bridgehead atoms. The van der Waals surface area contributed by atoms with Crippen molar-refractivity contribution < 1.29 is 4.79 Å². The predicted octanol–water partition coefficient (Wildman–Crippen LogP) is 1.31. The summed E-state index contributed by atoms with van der Waals surface area (Å²) in [5.41, 5.74) is 5.77. The highest BCUT2D eigenvalue weighted by molar-refractivity contribution is 5.81. The van der Waals surface area contributed by atoms with Crippen molar-refractivity contribution in [1.82, 2.24) is 5.32 Å². The number of amides is 1. The average molecular weight is 223 g/mol. The van der Waals surface area contributed by atoms with Gasteiger partial charge in [0.25, 0.3) is 0 Å². The molecule has 4 nitrogen and oxygen atoms in total. The topological polar surface area (TPSA) is 78.9 Å². The van der Waals surface area contributed by atoms with Crippen LogP contribution in [0, 0.1) is 17.2 Å². The van der Waals surface area contributed by atoms with Gasteiger partial charge in [-0.05, 0) is 25.7 Å². The maximum absolute atomic E-state index is 11.7. The number of nitrogens with one attached hydrogen (secondary N) is 1. The molecule has 0 radical (unpaired) electrons. The average Bonchev–Trinajstić information content (AvgIpc) is 2.72. The van der Waals surface area contributed by atoms with Crippen LogP contribution in [0.2, 0.25) is 0 Å². The minimum Gasteiger partial charge on any atom is -0.351 e. The number of nitriles is 1. The van der Waals surface area contributed by atoms with Crippen molar-refractivity contribution >= 4 is 5.91 Å². The lowest BCUT2D eigenvalue weighted by molar-refractivity contribution is -0.123. The van der Waals surface area contributed by atoms with Gasteiger partial charge in [0.1, 0.15) is 0 Å². The predicted molar refractivity (Wildman–Crippen MR) is 62.4 cm³/mol. The smallest absolute Gasteiger partial charge is 0.237 e. The van der Waals surface area contributed by atoms with Crippen LogP contribution in [-0.4, -0.2) is 18.0 Å². The summed E-state index contributed by atoms with van der Waals surface area (Å²) in [5.74, 6) is -0.122. The minimum absolute atomic E-state index is 0.0187. The fourth-order valence-corrected chi connectivity index (χ4v) is 2.13. The fraction of sp³-hybridized carbons (Fsp3) is 0.833. The molecule has 1 fully saturated rings. The Morgan fingerprint density at radius 1 is 1.62 bits per heavy atom. The molecule has 0 saturated heterocycles. The summed E-state index contributed by atoms with van der Waals surface area (Å²) in [5, 5.41) is 11.8. The monoisotopic (exact) mass is 223 g/mol. The van der Waals surface area contributed by atoms with Crippen LogP contribution < -0.4 is 11.1 Å². The lowest BCUT2D eigenvalue weighted by atomic mass is 10.0. The van der Waals surface area contributed by atoms with Crippen molar-refractivity contribution in [1.29, 1.82) is 5.26 Å². The molecule has 0 aliphatic heterocycles. The molecule has 4 heteroatoms. The number of carbonyl (C=O) groups excluding carboxylic acids is 1. The Bertz CT molecular complexity index is 272. The van der Waals surface area contributed by atoms with E-state index < -0.39 is 6.04 Å². The molecule has 0 spiro atoms. The molecule has 1 saturated carbocycles. The highest BCUT2D eigenvalue weighted by atomic mass is 16.2. The van der Waals surface area contributed by atoms with Crippen LogP contribution in [0.3, 0.4) is 0 Å². The number of nitrogens with zero attached hydrogens (tertiary/aromatic N) is 1. The van der Waals surface area contributed by atoms with Gasteiger partial charge in [0.2, 0.25) is 5.91 Å². The first-order valence-electron chi connectivity index (χ1n) is 6.14. The van der Waals surface area contributed by atoms with E-state index in [1.165, 1.54) is 0 Å². The molecule has 0 aromatic carbocycles. The van der Waals surface area contributed by atoms with Gasteiger partial charge in [0, 0.05) is 6.04 Å². The summed E-state index contributed by atoms with van der Waals surface area (Å²) in [6, 6.07) is 1.85. The third-order valence-corrected chi connectivity index (χ3v) is 3.21. The van der Waals surface area contributed by atoms with Crippen molar-refractivity contribution in [2.24, 2.45) is 11.7 Å². The molecule has 3 atom stereocenters. The van der Waals surface area contributed by atoms with Gasteiger partial charge in [-0.1, -0.05) is 19.8 Å². The van der Waals surface area contributed by atoms with Crippen molar-refractivity contribution in [3.63, 3.8) is 0 Å². The molecular formula is C12H21N3O. The molecular weight excluding hydrogens is 202 g/mol. The van der Waals surface area contributed by atoms with Crippen LogP contribution in [0.4, 0.5) is 0 Å². The molecule has 0 aromatic rings. The maximum Gasteiger partial charge on any atom is 0.237 e. The molecule has 1 aliphatic rings. The van der Waals surface area contributed by atoms with Crippen LogP contribution in [-0.2, 0) is 4.79 Å². The summed E-state index contributed by atoms with van der Waals surface area (Å²) in [6.45, 7) is 2.08. The summed E-state index contributed by atoms with van der Waals surface area (Å²) in [6.07, 6.45) is 5.57. The highest BCUT2D eigenvalue weighted by Gasteiger charge is 2.29. The summed E-state index contributed by atoms with van der Waals surface area (Å²) >= 11 is 0. The zero-order valence-corrected chi connectivity index (χ0v) is 9.91. The van der Waals surface area contributed by atoms with Crippen LogP contribution in [0.5, 0.6) is 0 Å². The highest BCUT2D eigenvalue weighted by Crippen LogP contribution is 2.24. The van der Waals surface area contributed by atoms with Crippen molar-refractivity contribution in [2.45, 2.75) is 57.5 Å². The Labute approximate surface area is 97.2 Å². The number of hydrogen-bond acceptors (Lipinski definition) is 3. The van der Waals surface area contributed by atoms with E-state index in [0.717, 1.165) is 38.5 Å². The second-order valence-electron chi connectivity index (χ2n) is 4.53. The second-order valence-corrected chi connectivity index (χ2v) is 4.53. The van der Waals surface area contributed by atoms with Crippen LogP contribution in [0.1, 0.15) is 45.4 Å². The molecule has 3 unspecified atom stereocenters. The van der Waals surface area contributed by atoms with Gasteiger partial charge in [-0.2, -0.15) is 5.26 Å². The van der Waals surface area contributed by atoms with Gasteiger partial charge in [-0.25, -0.2) is 0 Å². The zero-order chi connectivity index (χ0) is 12.0. The third-order valence-electron chi connectivity index (χ3n) is 3.21. The first kappa shape index (κ1) is 13.0. The number of carbonyl (C=O) groups is 1. The van der Waals surface area contributed by atoms with Gasteiger partial charge in [0.05, 0.1) is 18.0 Å². The number of unbranched alkanes of at least 4 members (excludes halogenated alkanes) is 1. The maximum atomic E-state index is 11.7. The van der Waals surface area contributed by atoms with Crippen molar-refractivity contribution in [3.05, 3.63) is 0 Å². The molecule has 16 heavy (non-hydrogen) atoms. The Balaban J connectivity index is 2.36. The molecule has 90 valence electrons. The van der Waals surface area contributed by atoms with E-state index in [1.807, 2.05) is 0 Å². The number of nitrogens with two attached hydrogens (primary N) is 1. The van der Waals surface area contributed by atoms with Gasteiger partial charge in [0.15, 0.2) is 0 Å². The molecule has 3 N–H and O–H groups in total. The van der Waals surface area contributed by atoms with E-state index >= 15 is 0 Å². The molecule has 0 aromatic heterocycles. The van der Waals surface area contributed by atoms with Crippen LogP contribution >= 0.6 is 0 Å². The Morgan fingerprint density at radius 2 is 2.38 bits per heavy atom. The van der Waals surface area contributed by atoms with E-state index in [4.69, 9.17) is 11.0 Å². The van der Waals surface area contributed by atoms with Gasteiger partial charge in [-0.3, -0.25) is 4.79 Å². The van der Waals surface area contributed by atoms with E-state index in [2.05, 4.69) is 18.3 Å². The third kappa shape index (κ3) is 3.49. The largest absolute Gasteiger partial charge is 0.351 e. The van der Waals surface area contributed by atoms with Crippen LogP contribution in [0.15, 0.2) is 0 Å². The van der Waals surface area contributed by atoms with Gasteiger partial charge >= 0.3 is 0 Å². The second kappa shape index (κ2) is 6.49. The van der Waals surface area contributed by atoms with E-state index in [9.17, 15) is 4.79 Å². The lowest BCUT2D eigenvalue weighted by Crippen LogP contribution is -2.46. The SMILES string of the molecule is CCCCC(N)C(=O)NC1CCCC1C#N. The Hall–Kier alpha value is -1.08. The fourth-order valence-electron chi connectivity index (χ4n) is 2.13. The molecule has 1 rings (SSSR count). The Kier molecular flexibility index (Phi) is 5.27. The Morgan fingerprint density at radius 3 is 3.00 bits per heavy atom. The lowest BCUT2D eigenvalue weighted by Gasteiger charge is -2.18. The van der Waals surface area contributed by atoms with E-state index in [1.54, 1.807) is 0 Å². The van der Waals surface area contributed by atoms with E-state index in [0.29, 0.717) is 0 Å². The first-order chi connectivity index (χ1) is 7.69. The normalized spacial score (nSPS) is 26.1. The summed E-state index contributed by atoms with van der Waals surface area (Å²) in [4.78, 5) is 11.7. The minimum atomic E-state index is -0.417. The standard InChI is InChI=1S/C12H21N3O/c1-2-3-6-10(14)12(16)15-11-7-4-5-9(11)8-13/h9-11H,2-7,14H2,1H3,(H,15,16). The first-order valence-corrected chi connectivity index (χ1v) is 6.14. The quantitative estimate of drug-likeness (QED) is 0.737. The molecule has 0 heterocycles. The summed E-state index contributed by atoms with van der Waals surface area (Å²) < 4.78 is 0. The van der Waals surface area contributed by atoms with Crippen LogP contribution in [0.25, 0.3) is 0 Å². The number of hydrogen-bond donors (Lipinski definition) is 2. The molecule has 1 amide bonds. The zero-order valence-electron chi connectivity index (χ0n) is 9.91. The summed E-state index contributed by atoms with van der Waals surface area (Å²) in [7, 11) is 0. The van der Waals surface area contributed by atoms with Gasteiger partial charge < -0.3 is 11.1 Å². The van der Waals surface area contributed by atoms with E-state index in [-0.39, 0.29) is 17.9 Å². The van der Waals surface area contributed by atoms with Crippen molar-refractivity contribution in [3.8, 4) is 6.07 Å². The van der Waals surface area contributed by atoms with Crippen molar-refractivity contribution in [2.75, 3.05) is 0 Å².